The van der Waals surface area contributed by atoms with Crippen molar-refractivity contribution in [3.63, 3.8) is 0 Å². The van der Waals surface area contributed by atoms with E-state index in [1.165, 1.54) is 6.07 Å². The zero-order valence-corrected chi connectivity index (χ0v) is 12.3. The van der Waals surface area contributed by atoms with Crippen LogP contribution >= 0.6 is 22.6 Å². The van der Waals surface area contributed by atoms with E-state index in [-0.39, 0.29) is 5.82 Å². The lowest BCUT2D eigenvalue weighted by Crippen LogP contribution is -2.06. The first-order valence-corrected chi connectivity index (χ1v) is 6.64. The van der Waals surface area contributed by atoms with E-state index in [1.807, 2.05) is 20.0 Å². The van der Waals surface area contributed by atoms with Crippen molar-refractivity contribution >= 4 is 28.4 Å². The van der Waals surface area contributed by atoms with E-state index >= 15 is 0 Å². The van der Waals surface area contributed by atoms with E-state index in [0.717, 1.165) is 15.1 Å². The standard InChI is InChI=1S/C13H13FIN3/c1-8-12(15)13(16-2)18-11(17-8)7-9-5-3-4-6-10(9)14/h3-6H,7H2,1-2H3,(H,16,17,18). The maximum Gasteiger partial charge on any atom is 0.143 e. The number of hydrogen-bond donors (Lipinski definition) is 1. The molecule has 94 valence electrons. The second kappa shape index (κ2) is 5.60. The monoisotopic (exact) mass is 357 g/mol. The van der Waals surface area contributed by atoms with Crippen molar-refractivity contribution < 1.29 is 4.39 Å². The van der Waals surface area contributed by atoms with Gasteiger partial charge in [-0.15, -0.1) is 0 Å². The number of anilines is 1. The van der Waals surface area contributed by atoms with Crippen LogP contribution in [0.1, 0.15) is 17.1 Å². The van der Waals surface area contributed by atoms with Crippen LogP contribution in [0.15, 0.2) is 24.3 Å². The third-order valence-electron chi connectivity index (χ3n) is 2.61. The van der Waals surface area contributed by atoms with Crippen molar-refractivity contribution in [2.24, 2.45) is 0 Å². The molecule has 1 aromatic heterocycles. The lowest BCUT2D eigenvalue weighted by molar-refractivity contribution is 0.612. The average molecular weight is 357 g/mol. The van der Waals surface area contributed by atoms with Crippen LogP contribution in [0.5, 0.6) is 0 Å². The first-order chi connectivity index (χ1) is 8.61. The minimum absolute atomic E-state index is 0.219. The molecule has 1 aromatic carbocycles. The molecule has 0 amide bonds. The zero-order valence-electron chi connectivity index (χ0n) is 10.2. The molecule has 3 nitrogen and oxygen atoms in total. The van der Waals surface area contributed by atoms with Gasteiger partial charge in [-0.05, 0) is 41.1 Å². The van der Waals surface area contributed by atoms with Gasteiger partial charge in [-0.2, -0.15) is 0 Å². The first kappa shape index (κ1) is 13.2. The molecule has 0 saturated heterocycles. The number of rotatable bonds is 3. The molecule has 0 radical (unpaired) electrons. The SMILES string of the molecule is CNc1nc(Cc2ccccc2F)nc(C)c1I. The molecule has 0 saturated carbocycles. The molecule has 2 rings (SSSR count). The lowest BCUT2D eigenvalue weighted by Gasteiger charge is -2.09. The molecule has 0 aliphatic carbocycles. The third kappa shape index (κ3) is 2.77. The Kier molecular flexibility index (Phi) is 4.11. The van der Waals surface area contributed by atoms with E-state index < -0.39 is 0 Å². The van der Waals surface area contributed by atoms with Crippen molar-refractivity contribution in [2.45, 2.75) is 13.3 Å². The molecular weight excluding hydrogens is 344 g/mol. The van der Waals surface area contributed by atoms with Gasteiger partial charge in [-0.3, -0.25) is 0 Å². The molecule has 18 heavy (non-hydrogen) atoms. The van der Waals surface area contributed by atoms with Gasteiger partial charge in [0, 0.05) is 13.5 Å². The molecule has 0 aliphatic heterocycles. The van der Waals surface area contributed by atoms with Crippen LogP contribution in [0.2, 0.25) is 0 Å². The third-order valence-corrected chi connectivity index (χ3v) is 3.90. The van der Waals surface area contributed by atoms with Gasteiger partial charge in [0.2, 0.25) is 0 Å². The van der Waals surface area contributed by atoms with Crippen LogP contribution in [-0.2, 0) is 6.42 Å². The summed E-state index contributed by atoms with van der Waals surface area (Å²) >= 11 is 2.20. The Bertz CT molecular complexity index is 572. The van der Waals surface area contributed by atoms with Crippen molar-refractivity contribution in [3.05, 3.63) is 50.7 Å². The van der Waals surface area contributed by atoms with Gasteiger partial charge >= 0.3 is 0 Å². The number of nitrogens with one attached hydrogen (secondary N) is 1. The van der Waals surface area contributed by atoms with E-state index in [2.05, 4.69) is 37.9 Å². The predicted octanol–water partition coefficient (Wildman–Crippen LogP) is 3.16. The number of hydrogen-bond acceptors (Lipinski definition) is 3. The van der Waals surface area contributed by atoms with E-state index in [1.54, 1.807) is 12.1 Å². The summed E-state index contributed by atoms with van der Waals surface area (Å²) in [5.41, 5.74) is 1.52. The molecule has 0 bridgehead atoms. The quantitative estimate of drug-likeness (QED) is 0.858. The molecule has 0 atom stereocenters. The summed E-state index contributed by atoms with van der Waals surface area (Å²) in [7, 11) is 1.82. The fourth-order valence-corrected chi connectivity index (χ4v) is 2.18. The van der Waals surface area contributed by atoms with Gasteiger partial charge < -0.3 is 5.32 Å². The van der Waals surface area contributed by atoms with E-state index in [9.17, 15) is 4.39 Å². The zero-order chi connectivity index (χ0) is 13.1. The van der Waals surface area contributed by atoms with Gasteiger partial charge in [0.25, 0.3) is 0 Å². The Hall–Kier alpha value is -1.24. The summed E-state index contributed by atoms with van der Waals surface area (Å²) in [5, 5.41) is 3.02. The summed E-state index contributed by atoms with van der Waals surface area (Å²) < 4.78 is 14.6. The maximum absolute atomic E-state index is 13.6. The van der Waals surface area contributed by atoms with Crippen molar-refractivity contribution in [1.82, 2.24) is 9.97 Å². The molecule has 0 spiro atoms. The number of benzene rings is 1. The van der Waals surface area contributed by atoms with Gasteiger partial charge in [-0.25, -0.2) is 14.4 Å². The Labute approximate surface area is 119 Å². The number of aromatic nitrogens is 2. The summed E-state index contributed by atoms with van der Waals surface area (Å²) in [4.78, 5) is 8.78. The molecule has 2 aromatic rings. The summed E-state index contributed by atoms with van der Waals surface area (Å²) in [6.07, 6.45) is 0.402. The Morgan fingerprint density at radius 1 is 1.28 bits per heavy atom. The largest absolute Gasteiger partial charge is 0.372 e. The lowest BCUT2D eigenvalue weighted by atomic mass is 10.1. The van der Waals surface area contributed by atoms with Gasteiger partial charge in [-0.1, -0.05) is 18.2 Å². The summed E-state index contributed by atoms with van der Waals surface area (Å²) in [6, 6.07) is 6.70. The predicted molar refractivity (Wildman–Crippen MR) is 78.2 cm³/mol. The molecule has 1 heterocycles. The van der Waals surface area contributed by atoms with Crippen molar-refractivity contribution in [2.75, 3.05) is 12.4 Å². The van der Waals surface area contributed by atoms with Crippen LogP contribution in [-0.4, -0.2) is 17.0 Å². The van der Waals surface area contributed by atoms with Gasteiger partial charge in [0.15, 0.2) is 0 Å². The number of aryl methyl sites for hydroxylation is 1. The maximum atomic E-state index is 13.6. The highest BCUT2D eigenvalue weighted by Gasteiger charge is 2.10. The topological polar surface area (TPSA) is 37.8 Å². The molecular formula is C13H13FIN3. The minimum Gasteiger partial charge on any atom is -0.372 e. The van der Waals surface area contributed by atoms with Gasteiger partial charge in [0.1, 0.15) is 17.5 Å². The van der Waals surface area contributed by atoms with Crippen LogP contribution < -0.4 is 5.32 Å². The average Bonchev–Trinajstić information content (AvgIpc) is 2.36. The molecule has 5 heteroatoms. The smallest absolute Gasteiger partial charge is 0.143 e. The minimum atomic E-state index is -0.219. The van der Waals surface area contributed by atoms with Crippen LogP contribution in [0.3, 0.4) is 0 Å². The second-order valence-corrected chi connectivity index (χ2v) is 4.98. The fraction of sp³-hybridized carbons (Fsp3) is 0.231. The number of halogens is 2. The highest BCUT2D eigenvalue weighted by atomic mass is 127. The normalized spacial score (nSPS) is 10.4. The molecule has 1 N–H and O–H groups in total. The Morgan fingerprint density at radius 3 is 2.67 bits per heavy atom. The van der Waals surface area contributed by atoms with Crippen LogP contribution in [0.4, 0.5) is 10.2 Å². The van der Waals surface area contributed by atoms with Crippen LogP contribution in [0, 0.1) is 16.3 Å². The summed E-state index contributed by atoms with van der Waals surface area (Å²) in [5.74, 6) is 1.19. The Balaban J connectivity index is 2.36. The van der Waals surface area contributed by atoms with Crippen molar-refractivity contribution in [3.8, 4) is 0 Å². The highest BCUT2D eigenvalue weighted by molar-refractivity contribution is 14.1. The number of nitrogens with zero attached hydrogens (tertiary/aromatic N) is 2. The van der Waals surface area contributed by atoms with E-state index in [4.69, 9.17) is 0 Å². The first-order valence-electron chi connectivity index (χ1n) is 5.56. The van der Waals surface area contributed by atoms with Crippen molar-refractivity contribution in [1.29, 1.82) is 0 Å². The molecule has 0 unspecified atom stereocenters. The molecule has 0 aliphatic rings. The highest BCUT2D eigenvalue weighted by Crippen LogP contribution is 2.19. The van der Waals surface area contributed by atoms with Gasteiger partial charge in [0.05, 0.1) is 9.26 Å². The molecule has 0 fully saturated rings. The summed E-state index contributed by atoms with van der Waals surface area (Å²) in [6.45, 7) is 1.93. The second-order valence-electron chi connectivity index (χ2n) is 3.91. The fourth-order valence-electron chi connectivity index (χ4n) is 1.67. The van der Waals surface area contributed by atoms with E-state index in [0.29, 0.717) is 17.8 Å². The Morgan fingerprint density at radius 2 is 2.00 bits per heavy atom. The van der Waals surface area contributed by atoms with Crippen LogP contribution in [0.25, 0.3) is 0 Å².